The molecule has 2 heterocycles. The highest BCUT2D eigenvalue weighted by Gasteiger charge is 2.60. The second-order valence-electron chi connectivity index (χ2n) is 8.01. The van der Waals surface area contributed by atoms with Crippen LogP contribution >= 0.6 is 0 Å². The highest BCUT2D eigenvalue weighted by molar-refractivity contribution is 6.07. The number of imide groups is 1. The van der Waals surface area contributed by atoms with Crippen molar-refractivity contribution in [1.82, 2.24) is 4.90 Å². The van der Waals surface area contributed by atoms with Crippen molar-refractivity contribution in [3.63, 3.8) is 0 Å². The van der Waals surface area contributed by atoms with Gasteiger partial charge in [-0.3, -0.25) is 19.3 Å². The Balaban J connectivity index is 1.58. The Morgan fingerprint density at radius 3 is 2.21 bits per heavy atom. The van der Waals surface area contributed by atoms with Crippen molar-refractivity contribution in [3.05, 3.63) is 90.0 Å². The topological polar surface area (TPSA) is 68.3 Å². The molecule has 7 heteroatoms. The Morgan fingerprint density at radius 2 is 1.55 bits per heavy atom. The monoisotopic (exact) mass is 444 g/mol. The van der Waals surface area contributed by atoms with Crippen LogP contribution < -0.4 is 14.5 Å². The fraction of sp³-hybridized carbons (Fsp3) is 0.231. The summed E-state index contributed by atoms with van der Waals surface area (Å²) in [7, 11) is 3.16. The molecule has 0 bridgehead atoms. The lowest BCUT2D eigenvalue weighted by molar-refractivity contribution is -0.143. The first-order valence-electron chi connectivity index (χ1n) is 10.7. The van der Waals surface area contributed by atoms with E-state index in [1.165, 1.54) is 4.90 Å². The number of nitrogens with zero attached hydrogens (tertiary/aromatic N) is 2. The average Bonchev–Trinajstić information content (AvgIpc) is 3.36. The van der Waals surface area contributed by atoms with Gasteiger partial charge in [-0.1, -0.05) is 48.5 Å². The molecule has 168 valence electrons. The Labute approximate surface area is 192 Å². The van der Waals surface area contributed by atoms with E-state index in [-0.39, 0.29) is 18.4 Å². The lowest BCUT2D eigenvalue weighted by atomic mass is 9.89. The molecule has 2 aliphatic heterocycles. The molecule has 5 rings (SSSR count). The van der Waals surface area contributed by atoms with Crippen LogP contribution in [0.3, 0.4) is 0 Å². The molecule has 2 saturated heterocycles. The van der Waals surface area contributed by atoms with E-state index in [0.717, 1.165) is 16.8 Å². The van der Waals surface area contributed by atoms with Crippen molar-refractivity contribution in [2.24, 2.45) is 5.92 Å². The molecule has 0 saturated carbocycles. The molecular weight excluding hydrogens is 420 g/mol. The van der Waals surface area contributed by atoms with E-state index in [9.17, 15) is 9.59 Å². The molecular formula is C26H24N2O5. The van der Waals surface area contributed by atoms with Gasteiger partial charge in [0.15, 0.2) is 6.10 Å². The lowest BCUT2D eigenvalue weighted by Crippen LogP contribution is -2.37. The molecule has 33 heavy (non-hydrogen) atoms. The molecule has 0 spiro atoms. The number of carbonyl (C=O) groups excluding carboxylic acids is 2. The van der Waals surface area contributed by atoms with Crippen LogP contribution in [0.15, 0.2) is 78.9 Å². The van der Waals surface area contributed by atoms with E-state index in [2.05, 4.69) is 0 Å². The van der Waals surface area contributed by atoms with E-state index < -0.39 is 18.1 Å². The molecule has 2 fully saturated rings. The van der Waals surface area contributed by atoms with Crippen LogP contribution in [-0.2, 0) is 21.0 Å². The van der Waals surface area contributed by atoms with Crippen molar-refractivity contribution in [2.45, 2.75) is 18.7 Å². The fourth-order valence-corrected chi connectivity index (χ4v) is 4.58. The van der Waals surface area contributed by atoms with E-state index in [4.69, 9.17) is 14.3 Å². The lowest BCUT2D eigenvalue weighted by Gasteiger charge is -2.29. The summed E-state index contributed by atoms with van der Waals surface area (Å²) in [5, 5.41) is 1.66. The van der Waals surface area contributed by atoms with Crippen LogP contribution in [0.4, 0.5) is 5.69 Å². The van der Waals surface area contributed by atoms with Crippen molar-refractivity contribution in [3.8, 4) is 11.5 Å². The third kappa shape index (κ3) is 3.60. The second kappa shape index (κ2) is 8.60. The van der Waals surface area contributed by atoms with Gasteiger partial charge in [-0.2, -0.15) is 0 Å². The minimum atomic E-state index is -0.915. The zero-order valence-corrected chi connectivity index (χ0v) is 18.4. The van der Waals surface area contributed by atoms with Crippen molar-refractivity contribution in [2.75, 3.05) is 19.3 Å². The third-order valence-corrected chi connectivity index (χ3v) is 6.16. The number of benzene rings is 3. The van der Waals surface area contributed by atoms with Gasteiger partial charge in [0.2, 0.25) is 5.91 Å². The van der Waals surface area contributed by atoms with Crippen LogP contribution in [-0.4, -0.2) is 37.0 Å². The van der Waals surface area contributed by atoms with E-state index in [1.807, 2.05) is 66.7 Å². The van der Waals surface area contributed by atoms with Crippen molar-refractivity contribution < 1.29 is 23.9 Å². The number of likely N-dealkylation sites (tertiary alicyclic amines) is 1. The predicted molar refractivity (Wildman–Crippen MR) is 122 cm³/mol. The van der Waals surface area contributed by atoms with Gasteiger partial charge in [-0.15, -0.1) is 0 Å². The summed E-state index contributed by atoms with van der Waals surface area (Å²) >= 11 is 0. The van der Waals surface area contributed by atoms with E-state index >= 15 is 0 Å². The zero-order valence-electron chi connectivity index (χ0n) is 18.4. The molecule has 3 atom stereocenters. The number of hydroxylamine groups is 1. The zero-order chi connectivity index (χ0) is 22.9. The van der Waals surface area contributed by atoms with Gasteiger partial charge in [0.25, 0.3) is 5.91 Å². The molecule has 0 radical (unpaired) electrons. The average molecular weight is 444 g/mol. The molecule has 0 unspecified atom stereocenters. The van der Waals surface area contributed by atoms with Crippen LogP contribution in [0.25, 0.3) is 0 Å². The summed E-state index contributed by atoms with van der Waals surface area (Å²) in [6, 6.07) is 23.8. The SMILES string of the molecule is COc1ccc(OC)c([C@@H]2[C@@H]3C(=O)N(Cc4ccccc4)C(=O)[C@@H]3ON2c2ccccc2)c1. The molecule has 3 aromatic rings. The summed E-state index contributed by atoms with van der Waals surface area (Å²) in [4.78, 5) is 34.5. The number of amides is 2. The molecule has 3 aromatic carbocycles. The Hall–Kier alpha value is -3.84. The molecule has 2 amide bonds. The normalized spacial score (nSPS) is 21.9. The van der Waals surface area contributed by atoms with Gasteiger partial charge in [-0.25, -0.2) is 5.06 Å². The van der Waals surface area contributed by atoms with Crippen LogP contribution in [0.2, 0.25) is 0 Å². The van der Waals surface area contributed by atoms with Gasteiger partial charge >= 0.3 is 0 Å². The molecule has 0 N–H and O–H groups in total. The first-order valence-corrected chi connectivity index (χ1v) is 10.7. The number of hydrogen-bond acceptors (Lipinski definition) is 6. The Kier molecular flexibility index (Phi) is 5.48. The fourth-order valence-electron chi connectivity index (χ4n) is 4.58. The Morgan fingerprint density at radius 1 is 0.848 bits per heavy atom. The largest absolute Gasteiger partial charge is 0.497 e. The summed E-state index contributed by atoms with van der Waals surface area (Å²) in [6.45, 7) is 0.210. The number of ether oxygens (including phenoxy) is 2. The van der Waals surface area contributed by atoms with Crippen LogP contribution in [0.5, 0.6) is 11.5 Å². The maximum absolute atomic E-state index is 13.6. The maximum Gasteiger partial charge on any atom is 0.262 e. The first kappa shape index (κ1) is 21.0. The van der Waals surface area contributed by atoms with Gasteiger partial charge in [0.05, 0.1) is 26.5 Å². The quantitative estimate of drug-likeness (QED) is 0.540. The second-order valence-corrected chi connectivity index (χ2v) is 8.01. The van der Waals surface area contributed by atoms with Gasteiger partial charge in [0.1, 0.15) is 23.5 Å². The van der Waals surface area contributed by atoms with E-state index in [0.29, 0.717) is 11.5 Å². The van der Waals surface area contributed by atoms with Crippen molar-refractivity contribution in [1.29, 1.82) is 0 Å². The third-order valence-electron chi connectivity index (χ3n) is 6.16. The van der Waals surface area contributed by atoms with Gasteiger partial charge < -0.3 is 9.47 Å². The molecule has 2 aliphatic rings. The number of fused-ring (bicyclic) bond motifs is 1. The van der Waals surface area contributed by atoms with Gasteiger partial charge in [0, 0.05) is 5.56 Å². The standard InChI is InChI=1S/C26H24N2O5/c1-31-19-13-14-21(32-2)20(15-19)23-22-24(33-28(23)18-11-7-4-8-12-18)26(30)27(25(22)29)16-17-9-5-3-6-10-17/h3-15,22-24H,16H2,1-2H3/t22-,23+,24+/m0/s1. The van der Waals surface area contributed by atoms with Gasteiger partial charge in [-0.05, 0) is 35.9 Å². The molecule has 0 aromatic heterocycles. The number of anilines is 1. The van der Waals surface area contributed by atoms with Crippen molar-refractivity contribution >= 4 is 17.5 Å². The summed E-state index contributed by atoms with van der Waals surface area (Å²) in [6.07, 6.45) is -0.915. The Bertz CT molecular complexity index is 1170. The van der Waals surface area contributed by atoms with E-state index in [1.54, 1.807) is 31.4 Å². The number of rotatable bonds is 6. The number of hydrogen-bond donors (Lipinski definition) is 0. The smallest absolute Gasteiger partial charge is 0.262 e. The van der Waals surface area contributed by atoms with Crippen LogP contribution in [0.1, 0.15) is 17.2 Å². The number of carbonyl (C=O) groups is 2. The number of para-hydroxylation sites is 1. The highest BCUT2D eigenvalue weighted by atomic mass is 16.7. The minimum absolute atomic E-state index is 0.210. The highest BCUT2D eigenvalue weighted by Crippen LogP contribution is 2.49. The molecule has 0 aliphatic carbocycles. The minimum Gasteiger partial charge on any atom is -0.497 e. The maximum atomic E-state index is 13.6. The molecule has 7 nitrogen and oxygen atoms in total. The first-order chi connectivity index (χ1) is 16.1. The van der Waals surface area contributed by atoms with Crippen LogP contribution in [0, 0.1) is 5.92 Å². The number of methoxy groups -OCH3 is 2. The predicted octanol–water partition coefficient (Wildman–Crippen LogP) is 3.75. The summed E-state index contributed by atoms with van der Waals surface area (Å²) in [5.41, 5.74) is 2.35. The summed E-state index contributed by atoms with van der Waals surface area (Å²) < 4.78 is 11.1. The summed E-state index contributed by atoms with van der Waals surface area (Å²) in [5.74, 6) is -0.100.